The molecule has 1 heterocycles. The van der Waals surface area contributed by atoms with E-state index in [1.54, 1.807) is 24.3 Å². The maximum Gasteiger partial charge on any atom is 0.256 e. The highest BCUT2D eigenvalue weighted by Gasteiger charge is 2.07. The van der Waals surface area contributed by atoms with Gasteiger partial charge in [-0.25, -0.2) is 0 Å². The van der Waals surface area contributed by atoms with Crippen LogP contribution >= 0.6 is 11.6 Å². The molecule has 6 heteroatoms. The lowest BCUT2D eigenvalue weighted by Gasteiger charge is -2.07. The summed E-state index contributed by atoms with van der Waals surface area (Å²) in [6.45, 7) is 2.71. The molecule has 26 heavy (non-hydrogen) atoms. The van der Waals surface area contributed by atoms with Crippen molar-refractivity contribution in [1.29, 1.82) is 0 Å². The van der Waals surface area contributed by atoms with Gasteiger partial charge in [0.25, 0.3) is 5.91 Å². The molecule has 132 valence electrons. The Morgan fingerprint density at radius 2 is 1.58 bits per heavy atom. The van der Waals surface area contributed by atoms with Crippen LogP contribution in [0.3, 0.4) is 0 Å². The van der Waals surface area contributed by atoms with Crippen LogP contribution in [-0.4, -0.2) is 22.6 Å². The largest absolute Gasteiger partial charge is 0.368 e. The van der Waals surface area contributed by atoms with Crippen LogP contribution in [0, 0.1) is 6.92 Å². The van der Waals surface area contributed by atoms with Crippen molar-refractivity contribution in [2.75, 3.05) is 17.2 Å². The van der Waals surface area contributed by atoms with Crippen molar-refractivity contribution < 1.29 is 4.79 Å². The Hall–Kier alpha value is -2.92. The predicted octanol–water partition coefficient (Wildman–Crippen LogP) is 4.35. The summed E-state index contributed by atoms with van der Waals surface area (Å²) in [6.07, 6.45) is 0.852. The van der Waals surface area contributed by atoms with Gasteiger partial charge in [0.1, 0.15) is 5.82 Å². The highest BCUT2D eigenvalue weighted by molar-refractivity contribution is 6.30. The summed E-state index contributed by atoms with van der Waals surface area (Å²) in [6, 6.07) is 18.6. The van der Waals surface area contributed by atoms with E-state index in [0.29, 0.717) is 17.2 Å². The van der Waals surface area contributed by atoms with E-state index < -0.39 is 0 Å². The molecule has 0 spiro atoms. The van der Waals surface area contributed by atoms with Crippen LogP contribution in [0.2, 0.25) is 5.02 Å². The van der Waals surface area contributed by atoms with Crippen molar-refractivity contribution in [3.05, 3.63) is 82.4 Å². The van der Waals surface area contributed by atoms with Crippen LogP contribution in [0.4, 0.5) is 11.6 Å². The number of amides is 1. The van der Waals surface area contributed by atoms with Crippen molar-refractivity contribution in [3.8, 4) is 0 Å². The first-order chi connectivity index (χ1) is 12.6. The molecule has 0 saturated heterocycles. The Bertz CT molecular complexity index is 862. The molecule has 5 nitrogen and oxygen atoms in total. The lowest BCUT2D eigenvalue weighted by atomic mass is 10.1. The number of nitrogens with zero attached hydrogens (tertiary/aromatic N) is 2. The van der Waals surface area contributed by atoms with Crippen molar-refractivity contribution in [3.63, 3.8) is 0 Å². The lowest BCUT2D eigenvalue weighted by molar-refractivity contribution is 0.102. The van der Waals surface area contributed by atoms with E-state index in [2.05, 4.69) is 20.8 Å². The fourth-order valence-corrected chi connectivity index (χ4v) is 2.50. The molecule has 2 N–H and O–H groups in total. The number of aryl methyl sites for hydroxylation is 1. The minimum absolute atomic E-state index is 0.206. The first kappa shape index (κ1) is 17.9. The first-order valence-corrected chi connectivity index (χ1v) is 8.68. The molecule has 0 aliphatic rings. The fourth-order valence-electron chi connectivity index (χ4n) is 2.37. The number of rotatable bonds is 6. The number of halogens is 1. The van der Waals surface area contributed by atoms with Gasteiger partial charge in [-0.1, -0.05) is 41.4 Å². The number of carbonyl (C=O) groups is 1. The number of nitrogens with one attached hydrogen (secondary N) is 2. The van der Waals surface area contributed by atoms with E-state index in [9.17, 15) is 4.79 Å². The standard InChI is InChI=1S/C20H19ClN4O/c1-14-2-6-16(7-3-14)20(26)23-19-11-10-18(24-25-19)22-13-12-15-4-8-17(21)9-5-15/h2-11H,12-13H2,1H3,(H,22,24)(H,23,25,26). The van der Waals surface area contributed by atoms with Gasteiger partial charge in [0.05, 0.1) is 0 Å². The Labute approximate surface area is 157 Å². The highest BCUT2D eigenvalue weighted by atomic mass is 35.5. The van der Waals surface area contributed by atoms with Crippen molar-refractivity contribution in [1.82, 2.24) is 10.2 Å². The Kier molecular flexibility index (Phi) is 5.81. The summed E-state index contributed by atoms with van der Waals surface area (Å²) < 4.78 is 0. The molecule has 1 amide bonds. The van der Waals surface area contributed by atoms with Crippen LogP contribution < -0.4 is 10.6 Å². The third-order valence-corrected chi connectivity index (χ3v) is 4.10. The molecule has 0 atom stereocenters. The molecule has 0 unspecified atom stereocenters. The maximum absolute atomic E-state index is 12.2. The zero-order chi connectivity index (χ0) is 18.4. The fraction of sp³-hybridized carbons (Fsp3) is 0.150. The topological polar surface area (TPSA) is 66.9 Å². The quantitative estimate of drug-likeness (QED) is 0.680. The van der Waals surface area contributed by atoms with Gasteiger partial charge in [-0.3, -0.25) is 4.79 Å². The molecule has 1 aromatic heterocycles. The predicted molar refractivity (Wildman–Crippen MR) is 105 cm³/mol. The number of hydrogen-bond donors (Lipinski definition) is 2. The molecular weight excluding hydrogens is 348 g/mol. The third kappa shape index (κ3) is 5.04. The number of benzene rings is 2. The molecule has 0 saturated carbocycles. The molecule has 2 aromatic carbocycles. The number of carbonyl (C=O) groups excluding carboxylic acids is 1. The van der Waals surface area contributed by atoms with Crippen molar-refractivity contribution >= 4 is 29.1 Å². The van der Waals surface area contributed by atoms with E-state index in [4.69, 9.17) is 11.6 Å². The van der Waals surface area contributed by atoms with Gasteiger partial charge in [-0.15, -0.1) is 10.2 Å². The SMILES string of the molecule is Cc1ccc(C(=O)Nc2ccc(NCCc3ccc(Cl)cc3)nn2)cc1. The summed E-state index contributed by atoms with van der Waals surface area (Å²) in [5.41, 5.74) is 2.88. The molecule has 0 aliphatic carbocycles. The van der Waals surface area contributed by atoms with Gasteiger partial charge in [-0.05, 0) is 55.3 Å². The number of anilines is 2. The molecule has 0 radical (unpaired) electrons. The number of hydrogen-bond acceptors (Lipinski definition) is 4. The van der Waals surface area contributed by atoms with Crippen LogP contribution in [0.5, 0.6) is 0 Å². The van der Waals surface area contributed by atoms with E-state index in [1.807, 2.05) is 43.3 Å². The summed E-state index contributed by atoms with van der Waals surface area (Å²) in [4.78, 5) is 12.2. The van der Waals surface area contributed by atoms with Crippen LogP contribution in [-0.2, 0) is 6.42 Å². The Balaban J connectivity index is 1.50. The Morgan fingerprint density at radius 1 is 0.923 bits per heavy atom. The van der Waals surface area contributed by atoms with Crippen molar-refractivity contribution in [2.45, 2.75) is 13.3 Å². The van der Waals surface area contributed by atoms with Gasteiger partial charge in [-0.2, -0.15) is 0 Å². The van der Waals surface area contributed by atoms with Gasteiger partial charge in [0.2, 0.25) is 0 Å². The Morgan fingerprint density at radius 3 is 2.23 bits per heavy atom. The zero-order valence-electron chi connectivity index (χ0n) is 14.4. The minimum atomic E-state index is -0.206. The molecule has 3 aromatic rings. The van der Waals surface area contributed by atoms with E-state index in [0.717, 1.165) is 23.6 Å². The molecule has 0 fully saturated rings. The normalized spacial score (nSPS) is 10.4. The second-order valence-electron chi connectivity index (χ2n) is 5.93. The molecule has 3 rings (SSSR count). The first-order valence-electron chi connectivity index (χ1n) is 8.30. The maximum atomic E-state index is 12.2. The highest BCUT2D eigenvalue weighted by Crippen LogP contribution is 2.11. The monoisotopic (exact) mass is 366 g/mol. The lowest BCUT2D eigenvalue weighted by Crippen LogP contribution is -2.14. The average molecular weight is 367 g/mol. The summed E-state index contributed by atoms with van der Waals surface area (Å²) >= 11 is 5.87. The summed E-state index contributed by atoms with van der Waals surface area (Å²) in [5.74, 6) is 0.869. The van der Waals surface area contributed by atoms with Crippen LogP contribution in [0.25, 0.3) is 0 Å². The van der Waals surface area contributed by atoms with Gasteiger partial charge in [0, 0.05) is 17.1 Å². The number of aromatic nitrogens is 2. The summed E-state index contributed by atoms with van der Waals surface area (Å²) in [5, 5.41) is 14.8. The zero-order valence-corrected chi connectivity index (χ0v) is 15.1. The van der Waals surface area contributed by atoms with E-state index >= 15 is 0 Å². The van der Waals surface area contributed by atoms with E-state index in [1.165, 1.54) is 5.56 Å². The molecular formula is C20H19ClN4O. The molecule has 0 aliphatic heterocycles. The summed E-state index contributed by atoms with van der Waals surface area (Å²) in [7, 11) is 0. The van der Waals surface area contributed by atoms with Crippen molar-refractivity contribution in [2.24, 2.45) is 0 Å². The van der Waals surface area contributed by atoms with Crippen LogP contribution in [0.15, 0.2) is 60.7 Å². The minimum Gasteiger partial charge on any atom is -0.368 e. The van der Waals surface area contributed by atoms with Gasteiger partial charge in [0.15, 0.2) is 5.82 Å². The second-order valence-corrected chi connectivity index (χ2v) is 6.36. The third-order valence-electron chi connectivity index (χ3n) is 3.85. The second kappa shape index (κ2) is 8.45. The smallest absolute Gasteiger partial charge is 0.256 e. The molecule has 0 bridgehead atoms. The van der Waals surface area contributed by atoms with Crippen LogP contribution in [0.1, 0.15) is 21.5 Å². The van der Waals surface area contributed by atoms with E-state index in [-0.39, 0.29) is 5.91 Å². The van der Waals surface area contributed by atoms with Gasteiger partial charge >= 0.3 is 0 Å². The average Bonchev–Trinajstić information content (AvgIpc) is 2.65. The van der Waals surface area contributed by atoms with Gasteiger partial charge < -0.3 is 10.6 Å².